The summed E-state index contributed by atoms with van der Waals surface area (Å²) in [5.41, 5.74) is -4.53. The fourth-order valence-electron chi connectivity index (χ4n) is 1.21. The van der Waals surface area contributed by atoms with E-state index in [1.807, 2.05) is 0 Å². The quantitative estimate of drug-likeness (QED) is 0.587. The average molecular weight is 384 g/mol. The van der Waals surface area contributed by atoms with Crippen LogP contribution in [0.3, 0.4) is 0 Å². The first kappa shape index (κ1) is 15.1. The van der Waals surface area contributed by atoms with E-state index < -0.39 is 38.6 Å². The summed E-state index contributed by atoms with van der Waals surface area (Å²) in [4.78, 5) is 10.7. The molecule has 1 aromatic carbocycles. The van der Waals surface area contributed by atoms with Crippen molar-refractivity contribution in [2.45, 2.75) is 12.4 Å². The number of rotatable bonds is 1. The maximum absolute atomic E-state index is 12.5. The second kappa shape index (κ2) is 4.59. The normalized spacial score (nSPS) is 12.6. The molecule has 0 aliphatic carbocycles. The van der Waals surface area contributed by atoms with E-state index in [1.54, 1.807) is 0 Å². The van der Waals surface area contributed by atoms with Crippen LogP contribution in [0.1, 0.15) is 21.5 Å². The summed E-state index contributed by atoms with van der Waals surface area (Å²) in [5.74, 6) is -1.93. The Morgan fingerprint density at radius 3 is 1.89 bits per heavy atom. The van der Waals surface area contributed by atoms with Gasteiger partial charge in [0.1, 0.15) is 0 Å². The van der Waals surface area contributed by atoms with Crippen molar-refractivity contribution in [3.63, 3.8) is 0 Å². The van der Waals surface area contributed by atoms with Gasteiger partial charge in [-0.2, -0.15) is 26.3 Å². The van der Waals surface area contributed by atoms with E-state index in [0.717, 1.165) is 22.6 Å². The Balaban J connectivity index is 3.64. The monoisotopic (exact) mass is 384 g/mol. The molecule has 0 spiro atoms. The van der Waals surface area contributed by atoms with Gasteiger partial charge >= 0.3 is 18.3 Å². The van der Waals surface area contributed by atoms with E-state index >= 15 is 0 Å². The second-order valence-corrected chi connectivity index (χ2v) is 4.34. The molecule has 0 amide bonds. The van der Waals surface area contributed by atoms with Crippen LogP contribution in [0.15, 0.2) is 12.1 Å². The molecular formula is C9H3F6IO2. The smallest absolute Gasteiger partial charge is 0.417 e. The van der Waals surface area contributed by atoms with Crippen LogP contribution >= 0.6 is 22.6 Å². The summed E-state index contributed by atoms with van der Waals surface area (Å²) in [5, 5.41) is 8.62. The number of aromatic carboxylic acids is 1. The number of hydrogen-bond acceptors (Lipinski definition) is 1. The predicted molar refractivity (Wildman–Crippen MR) is 56.1 cm³/mol. The van der Waals surface area contributed by atoms with Crippen molar-refractivity contribution in [2.75, 3.05) is 0 Å². The Morgan fingerprint density at radius 1 is 1.06 bits per heavy atom. The molecule has 1 aromatic rings. The summed E-state index contributed by atoms with van der Waals surface area (Å²) in [7, 11) is 0. The molecule has 0 bridgehead atoms. The third-order valence-electron chi connectivity index (χ3n) is 1.94. The molecule has 0 aliphatic rings. The van der Waals surface area contributed by atoms with Gasteiger partial charge in [0.25, 0.3) is 0 Å². The molecule has 0 aromatic heterocycles. The largest absolute Gasteiger partial charge is 0.478 e. The first-order valence-electron chi connectivity index (χ1n) is 4.16. The second-order valence-electron chi connectivity index (χ2n) is 3.18. The van der Waals surface area contributed by atoms with Gasteiger partial charge < -0.3 is 5.11 Å². The number of halogens is 7. The van der Waals surface area contributed by atoms with Crippen molar-refractivity contribution in [2.24, 2.45) is 0 Å². The first-order valence-corrected chi connectivity index (χ1v) is 5.23. The van der Waals surface area contributed by atoms with Gasteiger partial charge in [0.05, 0.1) is 16.7 Å². The van der Waals surface area contributed by atoms with Gasteiger partial charge in [0.2, 0.25) is 0 Å². The van der Waals surface area contributed by atoms with E-state index in [4.69, 9.17) is 5.11 Å². The van der Waals surface area contributed by atoms with Crippen LogP contribution in [0.2, 0.25) is 0 Å². The van der Waals surface area contributed by atoms with Crippen molar-refractivity contribution in [1.29, 1.82) is 0 Å². The van der Waals surface area contributed by atoms with Crippen LogP contribution in [-0.4, -0.2) is 11.1 Å². The zero-order valence-corrected chi connectivity index (χ0v) is 10.3. The number of benzene rings is 1. The van der Waals surface area contributed by atoms with Gasteiger partial charge in [0, 0.05) is 3.57 Å². The molecule has 0 atom stereocenters. The summed E-state index contributed by atoms with van der Waals surface area (Å²) < 4.78 is 74.0. The lowest BCUT2D eigenvalue weighted by molar-refractivity contribution is -0.143. The standard InChI is InChI=1S/C9H3F6IO2/c10-8(11,12)3-1-4(9(13,14)15)6(7(17)18)5(16)2-3/h1-2H,(H,17,18). The Bertz CT molecular complexity index is 491. The molecule has 100 valence electrons. The molecule has 2 nitrogen and oxygen atoms in total. The third kappa shape index (κ3) is 3.06. The minimum Gasteiger partial charge on any atom is -0.478 e. The highest BCUT2D eigenvalue weighted by Crippen LogP contribution is 2.39. The molecular weight excluding hydrogens is 381 g/mol. The van der Waals surface area contributed by atoms with Crippen LogP contribution < -0.4 is 0 Å². The summed E-state index contributed by atoms with van der Waals surface area (Å²) in [6.07, 6.45) is -10.1. The maximum atomic E-state index is 12.5. The topological polar surface area (TPSA) is 37.3 Å². The van der Waals surface area contributed by atoms with Crippen molar-refractivity contribution >= 4 is 28.6 Å². The molecule has 1 rings (SSSR count). The van der Waals surface area contributed by atoms with E-state index in [-0.39, 0.29) is 6.07 Å². The number of carbonyl (C=O) groups is 1. The molecule has 9 heteroatoms. The zero-order valence-electron chi connectivity index (χ0n) is 8.16. The van der Waals surface area contributed by atoms with Crippen LogP contribution in [-0.2, 0) is 12.4 Å². The number of alkyl halides is 6. The highest BCUT2D eigenvalue weighted by molar-refractivity contribution is 14.1. The lowest BCUT2D eigenvalue weighted by atomic mass is 10.0. The maximum Gasteiger partial charge on any atom is 0.417 e. The molecule has 0 aliphatic heterocycles. The van der Waals surface area contributed by atoms with Crippen LogP contribution in [0.25, 0.3) is 0 Å². The molecule has 0 saturated carbocycles. The third-order valence-corrected chi connectivity index (χ3v) is 2.79. The van der Waals surface area contributed by atoms with Gasteiger partial charge in [-0.05, 0) is 34.7 Å². The highest BCUT2D eigenvalue weighted by Gasteiger charge is 2.40. The lowest BCUT2D eigenvalue weighted by Crippen LogP contribution is -2.17. The molecule has 18 heavy (non-hydrogen) atoms. The average Bonchev–Trinajstić information content (AvgIpc) is 2.12. The number of hydrogen-bond donors (Lipinski definition) is 1. The van der Waals surface area contributed by atoms with Gasteiger partial charge in [-0.3, -0.25) is 0 Å². The fourth-order valence-corrected chi connectivity index (χ4v) is 2.07. The predicted octanol–water partition coefficient (Wildman–Crippen LogP) is 4.03. The molecule has 1 N–H and O–H groups in total. The summed E-state index contributed by atoms with van der Waals surface area (Å²) >= 11 is 1.13. The molecule has 0 saturated heterocycles. The fraction of sp³-hybridized carbons (Fsp3) is 0.222. The minimum atomic E-state index is -5.17. The molecule has 0 fully saturated rings. The molecule has 0 heterocycles. The Labute approximate surface area is 110 Å². The lowest BCUT2D eigenvalue weighted by Gasteiger charge is -2.15. The first-order chi connectivity index (χ1) is 7.94. The van der Waals surface area contributed by atoms with Crippen molar-refractivity contribution in [3.05, 3.63) is 32.4 Å². The van der Waals surface area contributed by atoms with E-state index in [0.29, 0.717) is 6.07 Å². The van der Waals surface area contributed by atoms with Crippen molar-refractivity contribution < 1.29 is 36.2 Å². The van der Waals surface area contributed by atoms with Gasteiger partial charge in [-0.1, -0.05) is 0 Å². The number of carboxylic acids is 1. The Kier molecular flexibility index (Phi) is 3.84. The van der Waals surface area contributed by atoms with Gasteiger partial charge in [-0.25, -0.2) is 4.79 Å². The SMILES string of the molecule is O=C(O)c1c(I)cc(C(F)(F)F)cc1C(F)(F)F. The summed E-state index contributed by atoms with van der Waals surface area (Å²) in [6.45, 7) is 0. The minimum absolute atomic E-state index is 0.203. The van der Waals surface area contributed by atoms with Crippen molar-refractivity contribution in [1.82, 2.24) is 0 Å². The van der Waals surface area contributed by atoms with Gasteiger partial charge in [-0.15, -0.1) is 0 Å². The number of carboxylic acid groups (broad SMARTS) is 1. The highest BCUT2D eigenvalue weighted by atomic mass is 127. The van der Waals surface area contributed by atoms with Crippen LogP contribution in [0.5, 0.6) is 0 Å². The summed E-state index contributed by atoms with van der Waals surface area (Å²) in [6, 6.07) is 0.158. The van der Waals surface area contributed by atoms with E-state index in [9.17, 15) is 31.1 Å². The molecule has 0 radical (unpaired) electrons. The Morgan fingerprint density at radius 2 is 1.56 bits per heavy atom. The molecule has 0 unspecified atom stereocenters. The zero-order chi connectivity index (χ0) is 14.3. The van der Waals surface area contributed by atoms with Crippen molar-refractivity contribution in [3.8, 4) is 0 Å². The van der Waals surface area contributed by atoms with Gasteiger partial charge in [0.15, 0.2) is 0 Å². The van der Waals surface area contributed by atoms with E-state index in [2.05, 4.69) is 0 Å². The van der Waals surface area contributed by atoms with E-state index in [1.165, 1.54) is 0 Å². The van der Waals surface area contributed by atoms with Crippen LogP contribution in [0.4, 0.5) is 26.3 Å². The Hall–Kier alpha value is -1.00. The van der Waals surface area contributed by atoms with Crippen LogP contribution in [0, 0.1) is 3.57 Å².